The van der Waals surface area contributed by atoms with E-state index in [9.17, 15) is 12.8 Å². The molecular weight excluding hydrogens is 509 g/mol. The van der Waals surface area contributed by atoms with Crippen molar-refractivity contribution in [2.24, 2.45) is 0 Å². The number of aromatic nitrogens is 4. The summed E-state index contributed by atoms with van der Waals surface area (Å²) in [6.45, 7) is 4.87. The third-order valence-corrected chi connectivity index (χ3v) is 9.16. The van der Waals surface area contributed by atoms with Crippen molar-refractivity contribution in [2.75, 3.05) is 29.6 Å². The molecule has 0 saturated carbocycles. The average molecular weight is 542 g/mol. The fourth-order valence-electron chi connectivity index (χ4n) is 6.15. The first-order valence-corrected chi connectivity index (χ1v) is 15.1. The zero-order valence-corrected chi connectivity index (χ0v) is 22.4. The van der Waals surface area contributed by atoms with Crippen molar-refractivity contribution >= 4 is 27.2 Å². The average Bonchev–Trinajstić information content (AvgIpc) is 3.62. The molecule has 0 amide bonds. The third-order valence-electron chi connectivity index (χ3n) is 8.05. The maximum Gasteiger partial charge on any atom is 0.229 e. The summed E-state index contributed by atoms with van der Waals surface area (Å²) in [5.74, 6) is 2.41. The number of likely N-dealkylation sites (tertiary alicyclic amines) is 1. The van der Waals surface area contributed by atoms with E-state index in [4.69, 9.17) is 9.51 Å². The fourth-order valence-corrected chi connectivity index (χ4v) is 6.78. The number of anilines is 3. The van der Waals surface area contributed by atoms with Crippen LogP contribution in [-0.2, 0) is 16.4 Å². The highest BCUT2D eigenvalue weighted by atomic mass is 32.2. The van der Waals surface area contributed by atoms with Gasteiger partial charge in [0.15, 0.2) is 15.7 Å². The van der Waals surface area contributed by atoms with Gasteiger partial charge in [-0.3, -0.25) is 4.90 Å². The molecule has 2 atom stereocenters. The van der Waals surface area contributed by atoms with Crippen molar-refractivity contribution in [1.82, 2.24) is 25.0 Å². The van der Waals surface area contributed by atoms with Crippen LogP contribution in [0.1, 0.15) is 61.7 Å². The maximum absolute atomic E-state index is 14.7. The van der Waals surface area contributed by atoms with Crippen molar-refractivity contribution in [3.63, 3.8) is 0 Å². The molecule has 0 spiro atoms. The van der Waals surface area contributed by atoms with Crippen molar-refractivity contribution in [3.8, 4) is 0 Å². The molecule has 3 aliphatic rings. The number of fused-ring (bicyclic) bond motifs is 2. The van der Waals surface area contributed by atoms with Crippen molar-refractivity contribution in [1.29, 1.82) is 0 Å². The van der Waals surface area contributed by atoms with E-state index in [1.165, 1.54) is 31.3 Å². The van der Waals surface area contributed by atoms with Gasteiger partial charge in [-0.05, 0) is 76.7 Å². The molecule has 12 heteroatoms. The Kier molecular flexibility index (Phi) is 6.55. The molecule has 6 rings (SSSR count). The van der Waals surface area contributed by atoms with Gasteiger partial charge in [0.2, 0.25) is 5.89 Å². The second-order valence-corrected chi connectivity index (χ2v) is 12.7. The molecule has 38 heavy (non-hydrogen) atoms. The highest BCUT2D eigenvalue weighted by Crippen LogP contribution is 2.45. The first-order chi connectivity index (χ1) is 18.3. The first-order valence-electron chi connectivity index (χ1n) is 13.2. The van der Waals surface area contributed by atoms with Crippen LogP contribution in [-0.4, -0.2) is 64.9 Å². The molecule has 0 aliphatic carbocycles. The van der Waals surface area contributed by atoms with E-state index >= 15 is 0 Å². The lowest BCUT2D eigenvalue weighted by molar-refractivity contribution is 0.293. The zero-order chi connectivity index (χ0) is 26.4. The van der Waals surface area contributed by atoms with Crippen LogP contribution in [0.3, 0.4) is 0 Å². The molecule has 3 saturated heterocycles. The zero-order valence-electron chi connectivity index (χ0n) is 21.6. The molecule has 1 N–H and O–H groups in total. The summed E-state index contributed by atoms with van der Waals surface area (Å²) in [7, 11) is -3.50. The summed E-state index contributed by atoms with van der Waals surface area (Å²) in [6.07, 6.45) is 8.95. The number of sulfone groups is 1. The van der Waals surface area contributed by atoms with Crippen molar-refractivity contribution in [2.45, 2.75) is 74.9 Å². The van der Waals surface area contributed by atoms with Gasteiger partial charge in [0, 0.05) is 29.8 Å². The van der Waals surface area contributed by atoms with E-state index in [0.717, 1.165) is 80.7 Å². The Hall–Kier alpha value is -3.12. The molecule has 5 heterocycles. The van der Waals surface area contributed by atoms with Gasteiger partial charge in [-0.1, -0.05) is 5.16 Å². The summed E-state index contributed by atoms with van der Waals surface area (Å²) >= 11 is 0. The van der Waals surface area contributed by atoms with Gasteiger partial charge in [-0.25, -0.2) is 22.8 Å². The molecule has 2 bridgehead atoms. The molecular formula is C26H32FN7O3S. The Labute approximate surface area is 221 Å². The second-order valence-electron chi connectivity index (χ2n) is 10.7. The molecule has 202 valence electrons. The lowest BCUT2D eigenvalue weighted by Crippen LogP contribution is -2.43. The summed E-state index contributed by atoms with van der Waals surface area (Å²) in [4.78, 5) is 18.4. The van der Waals surface area contributed by atoms with Crippen LogP contribution in [0.15, 0.2) is 33.9 Å². The van der Waals surface area contributed by atoms with Gasteiger partial charge >= 0.3 is 0 Å². The predicted molar refractivity (Wildman–Crippen MR) is 140 cm³/mol. The quantitative estimate of drug-likeness (QED) is 0.471. The minimum Gasteiger partial charge on any atom is -0.350 e. The van der Waals surface area contributed by atoms with Crippen LogP contribution < -0.4 is 10.2 Å². The summed E-state index contributed by atoms with van der Waals surface area (Å²) < 4.78 is 43.9. The monoisotopic (exact) mass is 541 g/mol. The van der Waals surface area contributed by atoms with Crippen molar-refractivity contribution in [3.05, 3.63) is 47.6 Å². The van der Waals surface area contributed by atoms with Crippen LogP contribution in [0.2, 0.25) is 0 Å². The SMILES string of the molecule is Cc1c(Nc2ccc(S(C)(=O)=O)cc2F)ncnc1N1C2CCC1CC(c1nc(CN3CCCC3)no1)C2. The van der Waals surface area contributed by atoms with E-state index < -0.39 is 15.7 Å². The van der Waals surface area contributed by atoms with Gasteiger partial charge in [0.25, 0.3) is 0 Å². The Morgan fingerprint density at radius 2 is 1.87 bits per heavy atom. The van der Waals surface area contributed by atoms with E-state index in [-0.39, 0.29) is 16.5 Å². The van der Waals surface area contributed by atoms with Gasteiger partial charge in [0.05, 0.1) is 17.1 Å². The number of hydrogen-bond acceptors (Lipinski definition) is 10. The molecule has 10 nitrogen and oxygen atoms in total. The topological polar surface area (TPSA) is 117 Å². The fraction of sp³-hybridized carbons (Fsp3) is 0.538. The molecule has 0 radical (unpaired) electrons. The highest BCUT2D eigenvalue weighted by molar-refractivity contribution is 7.90. The molecule has 3 fully saturated rings. The van der Waals surface area contributed by atoms with Crippen LogP contribution in [0.4, 0.5) is 21.7 Å². The Bertz CT molecular complexity index is 1430. The third kappa shape index (κ3) is 4.86. The standard InChI is InChI=1S/C26H32FN7O3S/c1-16-24(30-22-8-7-20(13-21(22)27)38(2,35)36)28-15-29-25(16)34-18-5-6-19(34)12-17(11-18)26-31-23(32-37-26)14-33-9-3-4-10-33/h7-8,13,15,17-19H,3-6,9-12,14H2,1-2H3,(H,28,29,30). The smallest absolute Gasteiger partial charge is 0.229 e. The first kappa shape index (κ1) is 25.2. The molecule has 3 aliphatic heterocycles. The van der Waals surface area contributed by atoms with Crippen LogP contribution in [0, 0.1) is 12.7 Å². The molecule has 2 aromatic heterocycles. The number of nitrogens with zero attached hydrogens (tertiary/aromatic N) is 6. The molecule has 3 aromatic rings. The van der Waals surface area contributed by atoms with Gasteiger partial charge < -0.3 is 14.7 Å². The molecule has 2 unspecified atom stereocenters. The number of halogens is 1. The van der Waals surface area contributed by atoms with E-state index in [2.05, 4.69) is 30.2 Å². The lowest BCUT2D eigenvalue weighted by Gasteiger charge is -2.39. The van der Waals surface area contributed by atoms with Gasteiger partial charge in [0.1, 0.15) is 23.8 Å². The van der Waals surface area contributed by atoms with Gasteiger partial charge in [-0.2, -0.15) is 4.98 Å². The highest BCUT2D eigenvalue weighted by Gasteiger charge is 2.44. The normalized spacial score (nSPS) is 23.8. The van der Waals surface area contributed by atoms with Crippen molar-refractivity contribution < 1.29 is 17.3 Å². The molecule has 1 aromatic carbocycles. The Morgan fingerprint density at radius 3 is 2.55 bits per heavy atom. The number of benzene rings is 1. The number of rotatable bonds is 7. The van der Waals surface area contributed by atoms with E-state index in [1.54, 1.807) is 0 Å². The number of piperidine rings is 1. The Morgan fingerprint density at radius 1 is 1.13 bits per heavy atom. The number of nitrogens with one attached hydrogen (secondary N) is 1. The van der Waals surface area contributed by atoms with Crippen LogP contribution in [0.5, 0.6) is 0 Å². The number of hydrogen-bond donors (Lipinski definition) is 1. The largest absolute Gasteiger partial charge is 0.350 e. The minimum absolute atomic E-state index is 0.0653. The summed E-state index contributed by atoms with van der Waals surface area (Å²) in [5.41, 5.74) is 0.980. The maximum atomic E-state index is 14.7. The Balaban J connectivity index is 1.18. The minimum atomic E-state index is -3.50. The van der Waals surface area contributed by atoms with Gasteiger partial charge in [-0.15, -0.1) is 0 Å². The van der Waals surface area contributed by atoms with Crippen LogP contribution in [0.25, 0.3) is 0 Å². The summed E-state index contributed by atoms with van der Waals surface area (Å²) in [5, 5.41) is 7.29. The van der Waals surface area contributed by atoms with Crippen LogP contribution >= 0.6 is 0 Å². The van der Waals surface area contributed by atoms with E-state index in [1.807, 2.05) is 6.92 Å². The second kappa shape index (κ2) is 9.88. The summed E-state index contributed by atoms with van der Waals surface area (Å²) in [6, 6.07) is 4.41. The van der Waals surface area contributed by atoms with E-state index in [0.29, 0.717) is 17.9 Å². The predicted octanol–water partition coefficient (Wildman–Crippen LogP) is 3.97. The lowest BCUT2D eigenvalue weighted by atomic mass is 9.90.